The lowest BCUT2D eigenvalue weighted by molar-refractivity contribution is -0.138. The second-order valence-electron chi connectivity index (χ2n) is 11.7. The molecule has 226 valence electrons. The number of anilines is 1. The third-order valence-corrected chi connectivity index (χ3v) is 9.13. The predicted octanol–water partition coefficient (Wildman–Crippen LogP) is 6.70. The molecule has 8 nitrogen and oxygen atoms in total. The SMILES string of the molecule is CC(=O)c1cn(CC(=O)N2C3C[C@@H]3C[C@H]2C(=O)Nc2cccc(-c3ccccc3Cl)c2F)c2ccc(-c3cnc(C)nc3)cc12. The van der Waals surface area contributed by atoms with Crippen molar-refractivity contribution in [2.24, 2.45) is 5.92 Å². The molecule has 0 spiro atoms. The Balaban J connectivity index is 1.14. The molecule has 3 heterocycles. The Labute approximate surface area is 263 Å². The van der Waals surface area contributed by atoms with Crippen LogP contribution in [0.2, 0.25) is 5.02 Å². The molecule has 3 aromatic carbocycles. The Morgan fingerprint density at radius 3 is 2.49 bits per heavy atom. The summed E-state index contributed by atoms with van der Waals surface area (Å²) in [6, 6.07) is 16.7. The van der Waals surface area contributed by atoms with Crippen LogP contribution in [0.5, 0.6) is 0 Å². The van der Waals surface area contributed by atoms with Crippen molar-refractivity contribution >= 4 is 45.8 Å². The quantitative estimate of drug-likeness (QED) is 0.204. The Morgan fingerprint density at radius 2 is 1.73 bits per heavy atom. The molecule has 2 amide bonds. The van der Waals surface area contributed by atoms with Gasteiger partial charge in [0.2, 0.25) is 11.8 Å². The van der Waals surface area contributed by atoms with Gasteiger partial charge in [-0.25, -0.2) is 14.4 Å². The molecule has 1 saturated carbocycles. The highest BCUT2D eigenvalue weighted by Crippen LogP contribution is 2.48. The Kier molecular flexibility index (Phi) is 7.20. The summed E-state index contributed by atoms with van der Waals surface area (Å²) in [4.78, 5) is 50.2. The van der Waals surface area contributed by atoms with Gasteiger partial charge in [0.05, 0.1) is 5.69 Å². The number of Topliss-reactive ketones (excluding diaryl/α,β-unsaturated/α-hetero) is 1. The van der Waals surface area contributed by atoms with E-state index in [0.717, 1.165) is 28.5 Å². The number of aryl methyl sites for hydroxylation is 1. The van der Waals surface area contributed by atoms with E-state index in [1.165, 1.54) is 13.0 Å². The van der Waals surface area contributed by atoms with Crippen molar-refractivity contribution in [2.45, 2.75) is 45.3 Å². The lowest BCUT2D eigenvalue weighted by Crippen LogP contribution is -2.46. The average Bonchev–Trinajstić information content (AvgIpc) is 3.53. The zero-order chi connectivity index (χ0) is 31.4. The first-order chi connectivity index (χ1) is 21.7. The van der Waals surface area contributed by atoms with Gasteiger partial charge in [0.25, 0.3) is 0 Å². The van der Waals surface area contributed by atoms with Gasteiger partial charge in [-0.3, -0.25) is 14.4 Å². The van der Waals surface area contributed by atoms with Crippen molar-refractivity contribution in [3.8, 4) is 22.3 Å². The number of ketones is 1. The number of hydrogen-bond donors (Lipinski definition) is 1. The zero-order valence-electron chi connectivity index (χ0n) is 24.6. The Morgan fingerprint density at radius 1 is 0.978 bits per heavy atom. The number of carbonyl (C=O) groups excluding carboxylic acids is 3. The molecule has 1 saturated heterocycles. The van der Waals surface area contributed by atoms with Crippen molar-refractivity contribution in [3.63, 3.8) is 0 Å². The summed E-state index contributed by atoms with van der Waals surface area (Å²) in [6.45, 7) is 3.27. The van der Waals surface area contributed by atoms with Crippen LogP contribution in [0.25, 0.3) is 33.2 Å². The van der Waals surface area contributed by atoms with Gasteiger partial charge in [-0.1, -0.05) is 48.0 Å². The van der Waals surface area contributed by atoms with E-state index >= 15 is 4.39 Å². The van der Waals surface area contributed by atoms with Gasteiger partial charge in [-0.15, -0.1) is 0 Å². The molecule has 45 heavy (non-hydrogen) atoms. The normalized spacial score (nSPS) is 18.6. The zero-order valence-corrected chi connectivity index (χ0v) is 25.4. The van der Waals surface area contributed by atoms with Crippen LogP contribution in [0.3, 0.4) is 0 Å². The van der Waals surface area contributed by atoms with E-state index in [-0.39, 0.29) is 41.4 Å². The molecule has 1 aliphatic carbocycles. The maximum atomic E-state index is 15.6. The molecule has 10 heteroatoms. The van der Waals surface area contributed by atoms with Crippen molar-refractivity contribution in [2.75, 3.05) is 5.32 Å². The number of aromatic nitrogens is 3. The Hall–Kier alpha value is -4.89. The minimum Gasteiger partial charge on any atom is -0.337 e. The van der Waals surface area contributed by atoms with Gasteiger partial charge in [-0.05, 0) is 62.4 Å². The summed E-state index contributed by atoms with van der Waals surface area (Å²) >= 11 is 6.31. The van der Waals surface area contributed by atoms with Gasteiger partial charge in [0.1, 0.15) is 18.4 Å². The predicted molar refractivity (Wildman–Crippen MR) is 170 cm³/mol. The molecular weight excluding hydrogens is 593 g/mol. The summed E-state index contributed by atoms with van der Waals surface area (Å²) in [6.07, 6.45) is 6.52. The van der Waals surface area contributed by atoms with E-state index in [0.29, 0.717) is 28.4 Å². The van der Waals surface area contributed by atoms with E-state index in [9.17, 15) is 14.4 Å². The number of halogens is 2. The van der Waals surface area contributed by atoms with Crippen LogP contribution in [-0.2, 0) is 16.1 Å². The van der Waals surface area contributed by atoms with Crippen molar-refractivity contribution < 1.29 is 18.8 Å². The fourth-order valence-corrected chi connectivity index (χ4v) is 6.68. The molecule has 5 aromatic rings. The third kappa shape index (κ3) is 5.27. The molecule has 1 N–H and O–H groups in total. The third-order valence-electron chi connectivity index (χ3n) is 8.80. The second-order valence-corrected chi connectivity index (χ2v) is 12.1. The summed E-state index contributed by atoms with van der Waals surface area (Å²) in [5, 5.41) is 3.86. The fraction of sp³-hybridized carbons (Fsp3) is 0.229. The van der Waals surface area contributed by atoms with Gasteiger partial charge in [0.15, 0.2) is 11.6 Å². The van der Waals surface area contributed by atoms with E-state index in [1.807, 2.05) is 25.1 Å². The number of nitrogens with zero attached hydrogens (tertiary/aromatic N) is 4. The largest absolute Gasteiger partial charge is 0.337 e. The summed E-state index contributed by atoms with van der Waals surface area (Å²) < 4.78 is 17.4. The van der Waals surface area contributed by atoms with Gasteiger partial charge < -0.3 is 14.8 Å². The molecule has 0 bridgehead atoms. The number of benzene rings is 3. The molecule has 2 aliphatic rings. The monoisotopic (exact) mass is 621 g/mol. The standard InChI is InChI=1S/C35H29ClFN5O3/c1-19(43)27-17-41(30-11-10-21(12-26(27)30)23-15-38-20(2)39-16-23)18-33(44)42-31-13-22(31)14-32(42)35(45)40-29-9-5-7-25(34(29)37)24-6-3-4-8-28(24)36/h3-12,15-17,22,31-32H,13-14,18H2,1-2H3,(H,40,45)/t22-,31?,32+/m1/s1. The summed E-state index contributed by atoms with van der Waals surface area (Å²) in [5.41, 5.74) is 3.74. The van der Waals surface area contributed by atoms with Gasteiger partial charge >= 0.3 is 0 Å². The summed E-state index contributed by atoms with van der Waals surface area (Å²) in [5.74, 6) is -0.475. The molecule has 2 fully saturated rings. The highest BCUT2D eigenvalue weighted by atomic mass is 35.5. The second kappa shape index (κ2) is 11.2. The van der Waals surface area contributed by atoms with Crippen LogP contribution in [-0.4, -0.2) is 49.1 Å². The van der Waals surface area contributed by atoms with Crippen LogP contribution < -0.4 is 5.32 Å². The molecule has 2 aromatic heterocycles. The molecule has 1 aliphatic heterocycles. The van der Waals surface area contributed by atoms with Crippen LogP contribution in [0.1, 0.15) is 35.9 Å². The maximum Gasteiger partial charge on any atom is 0.247 e. The van der Waals surface area contributed by atoms with Crippen LogP contribution in [0, 0.1) is 18.7 Å². The number of hydrogen-bond acceptors (Lipinski definition) is 5. The number of piperidine rings is 1. The van der Waals surface area contributed by atoms with Crippen LogP contribution in [0.15, 0.2) is 79.3 Å². The molecular formula is C35H29ClFN5O3. The van der Waals surface area contributed by atoms with Crippen LogP contribution >= 0.6 is 11.6 Å². The average molecular weight is 622 g/mol. The molecule has 1 unspecified atom stereocenters. The molecule has 3 atom stereocenters. The number of fused-ring (bicyclic) bond motifs is 2. The van der Waals surface area contributed by atoms with Gasteiger partial charge in [-0.2, -0.15) is 0 Å². The van der Waals surface area contributed by atoms with E-state index < -0.39 is 17.8 Å². The number of nitrogens with one attached hydrogen (secondary N) is 1. The topological polar surface area (TPSA) is 97.2 Å². The molecule has 0 radical (unpaired) electrons. The fourth-order valence-electron chi connectivity index (χ4n) is 6.44. The van der Waals surface area contributed by atoms with E-state index in [2.05, 4.69) is 15.3 Å². The number of carbonyl (C=O) groups is 3. The van der Waals surface area contributed by atoms with E-state index in [4.69, 9.17) is 11.6 Å². The number of amides is 2. The summed E-state index contributed by atoms with van der Waals surface area (Å²) in [7, 11) is 0. The first kappa shape index (κ1) is 28.9. The van der Waals surface area contributed by atoms with Crippen molar-refractivity contribution in [3.05, 3.63) is 101 Å². The first-order valence-electron chi connectivity index (χ1n) is 14.8. The highest BCUT2D eigenvalue weighted by molar-refractivity contribution is 6.33. The maximum absolute atomic E-state index is 15.6. The number of rotatable bonds is 7. The number of likely N-dealkylation sites (tertiary alicyclic amines) is 1. The highest BCUT2D eigenvalue weighted by Gasteiger charge is 2.56. The molecule has 7 rings (SSSR count). The van der Waals surface area contributed by atoms with Crippen LogP contribution in [0.4, 0.5) is 10.1 Å². The minimum absolute atomic E-state index is 0.0303. The van der Waals surface area contributed by atoms with E-state index in [1.54, 1.807) is 64.5 Å². The minimum atomic E-state index is -0.730. The lowest BCUT2D eigenvalue weighted by Gasteiger charge is -2.27. The Bertz CT molecular complexity index is 2010. The smallest absolute Gasteiger partial charge is 0.247 e. The van der Waals surface area contributed by atoms with Crippen molar-refractivity contribution in [1.29, 1.82) is 0 Å². The van der Waals surface area contributed by atoms with Crippen molar-refractivity contribution in [1.82, 2.24) is 19.4 Å². The lowest BCUT2D eigenvalue weighted by atomic mass is 10.0. The first-order valence-corrected chi connectivity index (χ1v) is 15.2. The van der Waals surface area contributed by atoms with Gasteiger partial charge in [0, 0.05) is 62.8 Å².